The van der Waals surface area contributed by atoms with Crippen molar-refractivity contribution in [3.8, 4) is 5.75 Å². The Morgan fingerprint density at radius 2 is 1.95 bits per heavy atom. The fourth-order valence-corrected chi connectivity index (χ4v) is 2.04. The van der Waals surface area contributed by atoms with Crippen LogP contribution < -0.4 is 15.0 Å². The van der Waals surface area contributed by atoms with Gasteiger partial charge in [0.2, 0.25) is 0 Å². The van der Waals surface area contributed by atoms with Gasteiger partial charge in [-0.15, -0.1) is 0 Å². The lowest BCUT2D eigenvalue weighted by atomic mass is 10.2. The molecule has 2 aromatic carbocycles. The number of hydrogen-bond donors (Lipinski definition) is 1. The molecule has 0 fully saturated rings. The third-order valence-electron chi connectivity index (χ3n) is 3.22. The first kappa shape index (κ1) is 16.2. The number of para-hydroxylation sites is 1. The molecule has 4 nitrogen and oxygen atoms in total. The summed E-state index contributed by atoms with van der Waals surface area (Å²) in [6.07, 6.45) is 0. The highest BCUT2D eigenvalue weighted by Gasteiger charge is 2.09. The monoisotopic (exact) mass is 318 g/mol. The van der Waals surface area contributed by atoms with Gasteiger partial charge >= 0.3 is 6.03 Å². The summed E-state index contributed by atoms with van der Waals surface area (Å²) in [6.45, 7) is 2.75. The van der Waals surface area contributed by atoms with E-state index >= 15 is 0 Å². The first-order valence-electron chi connectivity index (χ1n) is 7.03. The molecule has 0 aliphatic heterocycles. The number of benzene rings is 2. The molecule has 0 heterocycles. The van der Waals surface area contributed by atoms with Crippen molar-refractivity contribution in [1.82, 2.24) is 5.32 Å². The first-order chi connectivity index (χ1) is 10.6. The van der Waals surface area contributed by atoms with Crippen molar-refractivity contribution in [2.75, 3.05) is 25.1 Å². The van der Waals surface area contributed by atoms with Crippen LogP contribution in [0.15, 0.2) is 48.5 Å². The summed E-state index contributed by atoms with van der Waals surface area (Å²) in [5, 5.41) is 3.53. The van der Waals surface area contributed by atoms with E-state index in [-0.39, 0.29) is 6.03 Å². The van der Waals surface area contributed by atoms with Gasteiger partial charge in [0.15, 0.2) is 0 Å². The van der Waals surface area contributed by atoms with Crippen molar-refractivity contribution in [1.29, 1.82) is 0 Å². The van der Waals surface area contributed by atoms with Crippen molar-refractivity contribution in [2.24, 2.45) is 0 Å². The van der Waals surface area contributed by atoms with E-state index in [0.29, 0.717) is 18.2 Å². The first-order valence-corrected chi connectivity index (χ1v) is 7.41. The van der Waals surface area contributed by atoms with E-state index in [1.807, 2.05) is 49.4 Å². The predicted octanol–water partition coefficient (Wildman–Crippen LogP) is 3.87. The molecule has 0 unspecified atom stereocenters. The van der Waals surface area contributed by atoms with Gasteiger partial charge in [-0.25, -0.2) is 4.79 Å². The molecule has 5 heteroatoms. The standard InChI is InChI=1S/C17H19ClN2O2/c1-13-12-15(8-9-16(13)18)22-11-10-19-17(21)20(2)14-6-4-3-5-7-14/h3-9,12H,10-11H2,1-2H3,(H,19,21). The summed E-state index contributed by atoms with van der Waals surface area (Å²) in [6, 6.07) is 14.8. The van der Waals surface area contributed by atoms with Crippen molar-refractivity contribution >= 4 is 23.3 Å². The molecule has 0 aromatic heterocycles. The van der Waals surface area contributed by atoms with Crippen LogP contribution in [0.25, 0.3) is 0 Å². The van der Waals surface area contributed by atoms with Gasteiger partial charge in [-0.1, -0.05) is 29.8 Å². The molecular formula is C17H19ClN2O2. The van der Waals surface area contributed by atoms with Crippen LogP contribution in [0.1, 0.15) is 5.56 Å². The predicted molar refractivity (Wildman–Crippen MR) is 89.9 cm³/mol. The van der Waals surface area contributed by atoms with Crippen LogP contribution in [-0.4, -0.2) is 26.2 Å². The highest BCUT2D eigenvalue weighted by molar-refractivity contribution is 6.31. The molecule has 116 valence electrons. The average molecular weight is 319 g/mol. The molecular weight excluding hydrogens is 300 g/mol. The second kappa shape index (κ2) is 7.71. The summed E-state index contributed by atoms with van der Waals surface area (Å²) in [4.78, 5) is 13.6. The largest absolute Gasteiger partial charge is 0.492 e. The third-order valence-corrected chi connectivity index (χ3v) is 3.65. The Kier molecular flexibility index (Phi) is 5.67. The number of amides is 2. The molecule has 2 aromatic rings. The summed E-state index contributed by atoms with van der Waals surface area (Å²) in [5.74, 6) is 0.743. The van der Waals surface area contributed by atoms with Gasteiger partial charge in [0.1, 0.15) is 12.4 Å². The van der Waals surface area contributed by atoms with E-state index in [1.165, 1.54) is 0 Å². The van der Waals surface area contributed by atoms with Gasteiger partial charge < -0.3 is 10.1 Å². The van der Waals surface area contributed by atoms with Gasteiger partial charge in [-0.05, 0) is 42.8 Å². The minimum Gasteiger partial charge on any atom is -0.492 e. The minimum atomic E-state index is -0.165. The maximum Gasteiger partial charge on any atom is 0.321 e. The van der Waals surface area contributed by atoms with Gasteiger partial charge in [0.05, 0.1) is 6.54 Å². The topological polar surface area (TPSA) is 41.6 Å². The Morgan fingerprint density at radius 3 is 2.64 bits per heavy atom. The zero-order chi connectivity index (χ0) is 15.9. The number of ether oxygens (including phenoxy) is 1. The molecule has 0 aliphatic carbocycles. The van der Waals surface area contributed by atoms with Crippen molar-refractivity contribution in [3.05, 3.63) is 59.1 Å². The lowest BCUT2D eigenvalue weighted by Gasteiger charge is -2.18. The SMILES string of the molecule is Cc1cc(OCCNC(=O)N(C)c2ccccc2)ccc1Cl. The van der Waals surface area contributed by atoms with Crippen LogP contribution in [0.4, 0.5) is 10.5 Å². The van der Waals surface area contributed by atoms with Crippen LogP contribution in [0.5, 0.6) is 5.75 Å². The van der Waals surface area contributed by atoms with E-state index in [2.05, 4.69) is 5.32 Å². The molecule has 0 saturated heterocycles. The fourth-order valence-electron chi connectivity index (χ4n) is 1.92. The Bertz CT molecular complexity index is 632. The van der Waals surface area contributed by atoms with Crippen molar-refractivity contribution in [3.63, 3.8) is 0 Å². The summed E-state index contributed by atoms with van der Waals surface area (Å²) < 4.78 is 5.59. The molecule has 0 saturated carbocycles. The number of anilines is 1. The number of aryl methyl sites for hydroxylation is 1. The number of hydrogen-bond acceptors (Lipinski definition) is 2. The number of rotatable bonds is 5. The van der Waals surface area contributed by atoms with Crippen LogP contribution in [-0.2, 0) is 0 Å². The van der Waals surface area contributed by atoms with Gasteiger partial charge in [0, 0.05) is 17.8 Å². The lowest BCUT2D eigenvalue weighted by Crippen LogP contribution is -2.39. The fraction of sp³-hybridized carbons (Fsp3) is 0.235. The second-order valence-corrected chi connectivity index (χ2v) is 5.29. The molecule has 1 N–H and O–H groups in total. The lowest BCUT2D eigenvalue weighted by molar-refractivity contribution is 0.243. The van der Waals surface area contributed by atoms with E-state index in [4.69, 9.17) is 16.3 Å². The maximum absolute atomic E-state index is 12.0. The quantitative estimate of drug-likeness (QED) is 0.850. The molecule has 0 bridgehead atoms. The highest BCUT2D eigenvalue weighted by Crippen LogP contribution is 2.20. The minimum absolute atomic E-state index is 0.165. The van der Waals surface area contributed by atoms with Crippen LogP contribution in [0, 0.1) is 6.92 Å². The Morgan fingerprint density at radius 1 is 1.23 bits per heavy atom. The van der Waals surface area contributed by atoms with Crippen LogP contribution in [0.2, 0.25) is 5.02 Å². The summed E-state index contributed by atoms with van der Waals surface area (Å²) in [5.41, 5.74) is 1.81. The number of nitrogens with zero attached hydrogens (tertiary/aromatic N) is 1. The van der Waals surface area contributed by atoms with E-state index in [0.717, 1.165) is 17.0 Å². The summed E-state index contributed by atoms with van der Waals surface area (Å²) >= 11 is 5.96. The van der Waals surface area contributed by atoms with Crippen LogP contribution >= 0.6 is 11.6 Å². The van der Waals surface area contributed by atoms with Gasteiger partial charge in [0.25, 0.3) is 0 Å². The number of halogens is 1. The second-order valence-electron chi connectivity index (χ2n) is 4.89. The highest BCUT2D eigenvalue weighted by atomic mass is 35.5. The Hall–Kier alpha value is -2.20. The van der Waals surface area contributed by atoms with Crippen molar-refractivity contribution < 1.29 is 9.53 Å². The van der Waals surface area contributed by atoms with E-state index in [1.54, 1.807) is 18.0 Å². The Balaban J connectivity index is 1.76. The smallest absolute Gasteiger partial charge is 0.321 e. The van der Waals surface area contributed by atoms with E-state index in [9.17, 15) is 4.79 Å². The molecule has 22 heavy (non-hydrogen) atoms. The normalized spacial score (nSPS) is 10.1. The number of nitrogens with one attached hydrogen (secondary N) is 1. The molecule has 0 aliphatic rings. The number of carbonyl (C=O) groups is 1. The third kappa shape index (κ3) is 4.40. The molecule has 0 spiro atoms. The number of carbonyl (C=O) groups excluding carboxylic acids is 1. The zero-order valence-corrected chi connectivity index (χ0v) is 13.4. The Labute approximate surface area is 135 Å². The maximum atomic E-state index is 12.0. The van der Waals surface area contributed by atoms with Gasteiger partial charge in [-0.2, -0.15) is 0 Å². The summed E-state index contributed by atoms with van der Waals surface area (Å²) in [7, 11) is 1.73. The average Bonchev–Trinajstić information content (AvgIpc) is 2.54. The van der Waals surface area contributed by atoms with Crippen LogP contribution in [0.3, 0.4) is 0 Å². The van der Waals surface area contributed by atoms with Crippen molar-refractivity contribution in [2.45, 2.75) is 6.92 Å². The zero-order valence-electron chi connectivity index (χ0n) is 12.7. The molecule has 0 atom stereocenters. The molecule has 2 amide bonds. The van der Waals surface area contributed by atoms with E-state index < -0.39 is 0 Å². The number of urea groups is 1. The molecule has 2 rings (SSSR count). The van der Waals surface area contributed by atoms with Gasteiger partial charge in [-0.3, -0.25) is 4.90 Å². The molecule has 0 radical (unpaired) electrons.